The first-order chi connectivity index (χ1) is 7.72. The predicted octanol–water partition coefficient (Wildman–Crippen LogP) is 4.75. The van der Waals surface area contributed by atoms with Gasteiger partial charge in [0, 0.05) is 5.57 Å². The van der Waals surface area contributed by atoms with Crippen molar-refractivity contribution in [1.82, 2.24) is 0 Å². The Kier molecular flexibility index (Phi) is 4.63. The summed E-state index contributed by atoms with van der Waals surface area (Å²) in [5, 5.41) is 0. The minimum Gasteiger partial charge on any atom is -0.205 e. The standard InChI is InChI=1S/C11H12F5S/c1-6-3-4-8(17-5-11(14,15)16)7(2)9(6)10(12)13/h3,10H,4-5H2,1-2H3. The lowest BCUT2D eigenvalue weighted by Gasteiger charge is -2.22. The fourth-order valence-corrected chi connectivity index (χ4v) is 2.49. The van der Waals surface area contributed by atoms with Crippen molar-refractivity contribution in [2.75, 3.05) is 5.75 Å². The summed E-state index contributed by atoms with van der Waals surface area (Å²) in [6, 6.07) is 0. The van der Waals surface area contributed by atoms with Gasteiger partial charge < -0.3 is 0 Å². The molecule has 1 aliphatic carbocycles. The second kappa shape index (κ2) is 5.42. The first-order valence-corrected chi connectivity index (χ1v) is 5.92. The number of thioether (sulfide) groups is 1. The molecular formula is C11H12F5S. The Morgan fingerprint density at radius 2 is 1.88 bits per heavy atom. The Morgan fingerprint density at radius 3 is 2.35 bits per heavy atom. The second-order valence-corrected chi connectivity index (χ2v) is 4.83. The molecule has 0 saturated heterocycles. The maximum Gasteiger partial charge on any atom is 0.398 e. The summed E-state index contributed by atoms with van der Waals surface area (Å²) >= 11 is 0.591. The molecule has 0 nitrogen and oxygen atoms in total. The molecule has 0 saturated carbocycles. The van der Waals surface area contributed by atoms with E-state index in [9.17, 15) is 22.0 Å². The Bertz CT molecular complexity index is 351. The van der Waals surface area contributed by atoms with Crippen molar-refractivity contribution in [2.45, 2.75) is 32.9 Å². The normalized spacial score (nSPS) is 18.4. The van der Waals surface area contributed by atoms with E-state index in [0.29, 0.717) is 28.7 Å². The summed E-state index contributed by atoms with van der Waals surface area (Å²) in [6.45, 7) is 3.01. The van der Waals surface area contributed by atoms with Crippen LogP contribution < -0.4 is 0 Å². The van der Waals surface area contributed by atoms with Gasteiger partial charge in [0.25, 0.3) is 6.43 Å². The zero-order chi connectivity index (χ0) is 13.2. The minimum absolute atomic E-state index is 0.138. The second-order valence-electron chi connectivity index (χ2n) is 3.76. The molecule has 0 spiro atoms. The highest BCUT2D eigenvalue weighted by Gasteiger charge is 2.30. The van der Waals surface area contributed by atoms with Gasteiger partial charge in [0.05, 0.1) is 5.75 Å². The maximum absolute atomic E-state index is 12.7. The molecule has 0 amide bonds. The van der Waals surface area contributed by atoms with Crippen molar-refractivity contribution in [3.8, 4) is 0 Å². The lowest BCUT2D eigenvalue weighted by atomic mass is 9.93. The van der Waals surface area contributed by atoms with Crippen LogP contribution in [0, 0.1) is 6.42 Å². The van der Waals surface area contributed by atoms with Crippen LogP contribution >= 0.6 is 11.8 Å². The number of rotatable bonds is 3. The van der Waals surface area contributed by atoms with Gasteiger partial charge in [-0.05, 0) is 37.2 Å². The number of halogens is 5. The summed E-state index contributed by atoms with van der Waals surface area (Å²) in [4.78, 5) is 0.378. The molecule has 0 aromatic rings. The van der Waals surface area contributed by atoms with E-state index in [1.165, 1.54) is 6.92 Å². The smallest absolute Gasteiger partial charge is 0.205 e. The zero-order valence-electron chi connectivity index (χ0n) is 9.37. The third kappa shape index (κ3) is 4.01. The lowest BCUT2D eigenvalue weighted by molar-refractivity contribution is -0.105. The van der Waals surface area contributed by atoms with Gasteiger partial charge in [0.15, 0.2) is 0 Å². The third-order valence-electron chi connectivity index (χ3n) is 2.47. The topological polar surface area (TPSA) is 0 Å². The van der Waals surface area contributed by atoms with Gasteiger partial charge in [-0.25, -0.2) is 8.78 Å². The average molecular weight is 271 g/mol. The summed E-state index contributed by atoms with van der Waals surface area (Å²) in [7, 11) is 0. The molecule has 0 bridgehead atoms. The summed E-state index contributed by atoms with van der Waals surface area (Å²) in [6.07, 6.45) is -5.07. The molecule has 0 heterocycles. The van der Waals surface area contributed by atoms with Crippen molar-refractivity contribution in [3.63, 3.8) is 0 Å². The Balaban J connectivity index is 2.86. The molecule has 17 heavy (non-hydrogen) atoms. The van der Waals surface area contributed by atoms with E-state index in [0.717, 1.165) is 0 Å². The number of hydrogen-bond acceptors (Lipinski definition) is 1. The van der Waals surface area contributed by atoms with Crippen LogP contribution in [-0.4, -0.2) is 18.4 Å². The third-order valence-corrected chi connectivity index (χ3v) is 3.76. The molecule has 0 fully saturated rings. The first kappa shape index (κ1) is 14.5. The molecule has 1 aliphatic rings. The SMILES string of the molecule is CC1=C(C(F)F)C(C)=C(SCC(F)(F)F)C[CH]1. The van der Waals surface area contributed by atoms with Gasteiger partial charge in [-0.1, -0.05) is 5.57 Å². The van der Waals surface area contributed by atoms with Crippen LogP contribution in [0.15, 0.2) is 21.6 Å². The van der Waals surface area contributed by atoms with Gasteiger partial charge in [0.2, 0.25) is 0 Å². The van der Waals surface area contributed by atoms with Crippen LogP contribution in [0.4, 0.5) is 22.0 Å². The number of hydrogen-bond donors (Lipinski definition) is 0. The highest BCUT2D eigenvalue weighted by molar-refractivity contribution is 8.03. The quantitative estimate of drug-likeness (QED) is 0.668. The van der Waals surface area contributed by atoms with E-state index < -0.39 is 18.4 Å². The highest BCUT2D eigenvalue weighted by atomic mass is 32.2. The van der Waals surface area contributed by atoms with Crippen molar-refractivity contribution in [1.29, 1.82) is 0 Å². The lowest BCUT2D eigenvalue weighted by Crippen LogP contribution is -2.13. The first-order valence-electron chi connectivity index (χ1n) is 4.94. The van der Waals surface area contributed by atoms with E-state index in [-0.39, 0.29) is 11.1 Å². The summed E-state index contributed by atoms with van der Waals surface area (Å²) in [5.74, 6) is -1.04. The van der Waals surface area contributed by atoms with E-state index in [2.05, 4.69) is 0 Å². The predicted molar refractivity (Wildman–Crippen MR) is 58.8 cm³/mol. The molecular weight excluding hydrogens is 259 g/mol. The van der Waals surface area contributed by atoms with Gasteiger partial charge in [-0.15, -0.1) is 11.8 Å². The fourth-order valence-electron chi connectivity index (χ4n) is 1.63. The van der Waals surface area contributed by atoms with Crippen molar-refractivity contribution >= 4 is 11.8 Å². The number of alkyl halides is 5. The number of allylic oxidation sites excluding steroid dienone is 4. The summed E-state index contributed by atoms with van der Waals surface area (Å²) < 4.78 is 61.6. The Morgan fingerprint density at radius 1 is 1.29 bits per heavy atom. The maximum atomic E-state index is 12.7. The van der Waals surface area contributed by atoms with Crippen molar-refractivity contribution in [3.05, 3.63) is 28.0 Å². The van der Waals surface area contributed by atoms with Crippen LogP contribution in [0.5, 0.6) is 0 Å². The highest BCUT2D eigenvalue weighted by Crippen LogP contribution is 2.39. The fraction of sp³-hybridized carbons (Fsp3) is 0.545. The molecule has 0 atom stereocenters. The van der Waals surface area contributed by atoms with Crippen LogP contribution in [0.3, 0.4) is 0 Å². The van der Waals surface area contributed by atoms with E-state index in [1.807, 2.05) is 0 Å². The van der Waals surface area contributed by atoms with Crippen LogP contribution in [0.2, 0.25) is 0 Å². The van der Waals surface area contributed by atoms with Gasteiger partial charge >= 0.3 is 6.18 Å². The van der Waals surface area contributed by atoms with Crippen LogP contribution in [-0.2, 0) is 0 Å². The monoisotopic (exact) mass is 271 g/mol. The molecule has 0 unspecified atom stereocenters. The Labute approximate surface area is 101 Å². The van der Waals surface area contributed by atoms with Crippen LogP contribution in [0.25, 0.3) is 0 Å². The van der Waals surface area contributed by atoms with Crippen LogP contribution in [0.1, 0.15) is 20.3 Å². The molecule has 6 heteroatoms. The molecule has 1 rings (SSSR count). The molecule has 0 aromatic carbocycles. The molecule has 97 valence electrons. The Hall–Kier alpha value is -0.520. The molecule has 0 N–H and O–H groups in total. The van der Waals surface area contributed by atoms with Crippen molar-refractivity contribution in [2.24, 2.45) is 0 Å². The average Bonchev–Trinajstić information content (AvgIpc) is 2.14. The largest absolute Gasteiger partial charge is 0.398 e. The van der Waals surface area contributed by atoms with Gasteiger partial charge in [-0.3, -0.25) is 0 Å². The molecule has 0 aliphatic heterocycles. The van der Waals surface area contributed by atoms with Crippen molar-refractivity contribution < 1.29 is 22.0 Å². The molecule has 1 radical (unpaired) electrons. The minimum atomic E-state index is -4.28. The summed E-state index contributed by atoms with van der Waals surface area (Å²) in [5.41, 5.74) is 0.601. The van der Waals surface area contributed by atoms with E-state index >= 15 is 0 Å². The van der Waals surface area contributed by atoms with Gasteiger partial charge in [-0.2, -0.15) is 13.2 Å². The zero-order valence-corrected chi connectivity index (χ0v) is 10.2. The van der Waals surface area contributed by atoms with E-state index in [1.54, 1.807) is 13.3 Å². The van der Waals surface area contributed by atoms with Gasteiger partial charge in [0.1, 0.15) is 0 Å². The molecule has 0 aromatic heterocycles. The van der Waals surface area contributed by atoms with E-state index in [4.69, 9.17) is 0 Å².